The van der Waals surface area contributed by atoms with Crippen molar-refractivity contribution in [1.82, 2.24) is 9.47 Å². The van der Waals surface area contributed by atoms with E-state index < -0.39 is 18.3 Å². The van der Waals surface area contributed by atoms with Crippen molar-refractivity contribution >= 4 is 34.3 Å². The highest BCUT2D eigenvalue weighted by Crippen LogP contribution is 2.37. The fourth-order valence-corrected chi connectivity index (χ4v) is 4.62. The van der Waals surface area contributed by atoms with Gasteiger partial charge in [0.05, 0.1) is 11.1 Å². The number of ether oxygens (including phenoxy) is 1. The van der Waals surface area contributed by atoms with Crippen LogP contribution in [0.4, 0.5) is 13.2 Å². The Bertz CT molecular complexity index is 1230. The number of rotatable bonds is 5. The Morgan fingerprint density at radius 1 is 1.15 bits per heavy atom. The number of piperidine rings is 1. The molecule has 2 amide bonds. The van der Waals surface area contributed by atoms with Crippen LogP contribution in [0.5, 0.6) is 5.75 Å². The lowest BCUT2D eigenvalue weighted by atomic mass is 9.88. The molecule has 1 atom stereocenters. The highest BCUT2D eigenvalue weighted by molar-refractivity contribution is 6.31. The van der Waals surface area contributed by atoms with Crippen LogP contribution in [0.2, 0.25) is 5.02 Å². The number of primary amides is 1. The largest absolute Gasteiger partial charge is 0.573 e. The Labute approximate surface area is 199 Å². The van der Waals surface area contributed by atoms with Gasteiger partial charge in [-0.3, -0.25) is 9.59 Å². The summed E-state index contributed by atoms with van der Waals surface area (Å²) in [7, 11) is 0. The third kappa shape index (κ3) is 4.84. The highest BCUT2D eigenvalue weighted by atomic mass is 35.5. The third-order valence-electron chi connectivity index (χ3n) is 6.22. The van der Waals surface area contributed by atoms with Gasteiger partial charge in [-0.25, -0.2) is 0 Å². The minimum Gasteiger partial charge on any atom is -0.405 e. The Morgan fingerprint density at radius 3 is 2.47 bits per heavy atom. The number of nitrogens with zero attached hydrogens (tertiary/aromatic N) is 2. The molecule has 4 rings (SSSR count). The maximum Gasteiger partial charge on any atom is 0.573 e. The predicted molar refractivity (Wildman–Crippen MR) is 122 cm³/mol. The second-order valence-corrected chi connectivity index (χ2v) is 8.78. The summed E-state index contributed by atoms with van der Waals surface area (Å²) in [5, 5.41) is 1.11. The minimum absolute atomic E-state index is 0.169. The molecule has 1 fully saturated rings. The minimum atomic E-state index is -4.77. The van der Waals surface area contributed by atoms with Gasteiger partial charge in [0.2, 0.25) is 5.91 Å². The summed E-state index contributed by atoms with van der Waals surface area (Å²) in [4.78, 5) is 26.9. The number of likely N-dealkylation sites (tertiary alicyclic amines) is 1. The zero-order chi connectivity index (χ0) is 24.6. The summed E-state index contributed by atoms with van der Waals surface area (Å²) < 4.78 is 44.2. The molecule has 2 aromatic carbocycles. The standard InChI is InChI=1S/C24H23ClF3N3O3/c1-14(22(29)32)31-13-19(18-7-6-16(25)12-20(18)31)23(33)30-10-8-15(9-11-30)17-4-2-3-5-21(17)34-24(26,27)28/h2-7,12-15H,8-11H2,1H3,(H2,29,32). The van der Waals surface area contributed by atoms with E-state index in [4.69, 9.17) is 17.3 Å². The van der Waals surface area contributed by atoms with Crippen LogP contribution in [0.1, 0.15) is 47.6 Å². The van der Waals surface area contributed by atoms with Gasteiger partial charge in [0.1, 0.15) is 11.8 Å². The maximum atomic E-state index is 13.4. The summed E-state index contributed by atoms with van der Waals surface area (Å²) in [6, 6.07) is 10.5. The summed E-state index contributed by atoms with van der Waals surface area (Å²) in [5.41, 5.74) is 6.99. The van der Waals surface area contributed by atoms with Crippen molar-refractivity contribution in [2.24, 2.45) is 5.73 Å². The smallest absolute Gasteiger partial charge is 0.405 e. The van der Waals surface area contributed by atoms with Crippen molar-refractivity contribution in [3.63, 3.8) is 0 Å². The van der Waals surface area contributed by atoms with E-state index in [1.807, 2.05) is 0 Å². The predicted octanol–water partition coefficient (Wildman–Crippen LogP) is 5.26. The number of hydrogen-bond acceptors (Lipinski definition) is 3. The summed E-state index contributed by atoms with van der Waals surface area (Å²) in [5.74, 6) is -1.14. The van der Waals surface area contributed by atoms with Gasteiger partial charge >= 0.3 is 6.36 Å². The molecule has 1 aliphatic rings. The first-order valence-electron chi connectivity index (χ1n) is 10.8. The van der Waals surface area contributed by atoms with Crippen LogP contribution in [-0.4, -0.2) is 40.7 Å². The zero-order valence-electron chi connectivity index (χ0n) is 18.3. The van der Waals surface area contributed by atoms with Gasteiger partial charge in [-0.15, -0.1) is 13.2 Å². The number of alkyl halides is 3. The number of para-hydroxylation sites is 1. The van der Waals surface area contributed by atoms with Crippen LogP contribution < -0.4 is 10.5 Å². The van der Waals surface area contributed by atoms with E-state index in [1.165, 1.54) is 12.1 Å². The lowest BCUT2D eigenvalue weighted by molar-refractivity contribution is -0.275. The van der Waals surface area contributed by atoms with Crippen molar-refractivity contribution in [3.8, 4) is 5.75 Å². The average molecular weight is 494 g/mol. The van der Waals surface area contributed by atoms with Crippen LogP contribution >= 0.6 is 11.6 Å². The maximum absolute atomic E-state index is 13.4. The lowest BCUT2D eigenvalue weighted by Gasteiger charge is -2.33. The first kappa shape index (κ1) is 23.9. The molecule has 0 radical (unpaired) electrons. The van der Waals surface area contributed by atoms with Crippen molar-refractivity contribution in [3.05, 3.63) is 64.8 Å². The molecule has 0 spiro atoms. The molecule has 3 aromatic rings. The van der Waals surface area contributed by atoms with Crippen molar-refractivity contribution in [2.75, 3.05) is 13.1 Å². The molecule has 1 unspecified atom stereocenters. The van der Waals surface area contributed by atoms with Crippen LogP contribution in [0, 0.1) is 0 Å². The molecular formula is C24H23ClF3N3O3. The van der Waals surface area contributed by atoms with Gasteiger partial charge in [-0.1, -0.05) is 35.9 Å². The van der Waals surface area contributed by atoms with Crippen LogP contribution in [0.25, 0.3) is 10.9 Å². The SMILES string of the molecule is CC(C(N)=O)n1cc(C(=O)N2CCC(c3ccccc3OC(F)(F)F)CC2)c2ccc(Cl)cc21. The molecule has 1 saturated heterocycles. The number of hydrogen-bond donors (Lipinski definition) is 1. The molecule has 10 heteroatoms. The Kier molecular flexibility index (Phi) is 6.49. The first-order valence-corrected chi connectivity index (χ1v) is 11.2. The molecule has 2 N–H and O–H groups in total. The van der Waals surface area contributed by atoms with Crippen LogP contribution in [0.15, 0.2) is 48.7 Å². The van der Waals surface area contributed by atoms with Gasteiger partial charge < -0.3 is 19.9 Å². The fraction of sp³-hybridized carbons (Fsp3) is 0.333. The van der Waals surface area contributed by atoms with E-state index in [0.717, 1.165) is 0 Å². The highest BCUT2D eigenvalue weighted by Gasteiger charge is 2.34. The topological polar surface area (TPSA) is 77.6 Å². The number of halogens is 4. The molecule has 0 bridgehead atoms. The molecular weight excluding hydrogens is 471 g/mol. The van der Waals surface area contributed by atoms with E-state index >= 15 is 0 Å². The number of aromatic nitrogens is 1. The third-order valence-corrected chi connectivity index (χ3v) is 6.46. The van der Waals surface area contributed by atoms with Gasteiger partial charge in [-0.2, -0.15) is 0 Å². The van der Waals surface area contributed by atoms with E-state index in [9.17, 15) is 22.8 Å². The molecule has 34 heavy (non-hydrogen) atoms. The summed E-state index contributed by atoms with van der Waals surface area (Å²) in [6.45, 7) is 2.38. The second kappa shape index (κ2) is 9.21. The van der Waals surface area contributed by atoms with E-state index in [2.05, 4.69) is 4.74 Å². The van der Waals surface area contributed by atoms with E-state index in [0.29, 0.717) is 53.0 Å². The van der Waals surface area contributed by atoms with Gasteiger partial charge in [0, 0.05) is 29.7 Å². The van der Waals surface area contributed by atoms with E-state index in [1.54, 1.807) is 52.9 Å². The molecule has 0 saturated carbocycles. The first-order chi connectivity index (χ1) is 16.0. The molecule has 0 aliphatic carbocycles. The number of carbonyl (C=O) groups excluding carboxylic acids is 2. The summed E-state index contributed by atoms with van der Waals surface area (Å²) >= 11 is 6.13. The van der Waals surface area contributed by atoms with E-state index in [-0.39, 0.29) is 17.6 Å². The van der Waals surface area contributed by atoms with Crippen molar-refractivity contribution < 1.29 is 27.5 Å². The summed E-state index contributed by atoms with van der Waals surface area (Å²) in [6.07, 6.45) is -2.18. The molecule has 180 valence electrons. The van der Waals surface area contributed by atoms with Gasteiger partial charge in [-0.05, 0) is 49.4 Å². The molecule has 2 heterocycles. The number of carbonyl (C=O) groups is 2. The Balaban J connectivity index is 1.56. The van der Waals surface area contributed by atoms with Crippen LogP contribution in [0.3, 0.4) is 0 Å². The van der Waals surface area contributed by atoms with Crippen LogP contribution in [-0.2, 0) is 4.79 Å². The normalized spacial score (nSPS) is 16.0. The molecule has 6 nitrogen and oxygen atoms in total. The average Bonchev–Trinajstić information content (AvgIpc) is 3.16. The molecule has 1 aliphatic heterocycles. The Morgan fingerprint density at radius 2 is 1.82 bits per heavy atom. The lowest BCUT2D eigenvalue weighted by Crippen LogP contribution is -2.38. The number of fused-ring (bicyclic) bond motifs is 1. The zero-order valence-corrected chi connectivity index (χ0v) is 19.1. The monoisotopic (exact) mass is 493 g/mol. The number of benzene rings is 2. The van der Waals surface area contributed by atoms with Crippen molar-refractivity contribution in [2.45, 2.75) is 38.1 Å². The van der Waals surface area contributed by atoms with Gasteiger partial charge in [0.15, 0.2) is 0 Å². The number of nitrogens with two attached hydrogens (primary N) is 1. The quantitative estimate of drug-likeness (QED) is 0.526. The fourth-order valence-electron chi connectivity index (χ4n) is 4.45. The second-order valence-electron chi connectivity index (χ2n) is 8.34. The number of amides is 2. The molecule has 1 aromatic heterocycles. The Hall–Kier alpha value is -3.20. The van der Waals surface area contributed by atoms with Gasteiger partial charge in [0.25, 0.3) is 5.91 Å². The van der Waals surface area contributed by atoms with Crippen molar-refractivity contribution in [1.29, 1.82) is 0 Å².